The van der Waals surface area contributed by atoms with Crippen LogP contribution < -0.4 is 10.6 Å². The van der Waals surface area contributed by atoms with Crippen molar-refractivity contribution in [2.24, 2.45) is 0 Å². The summed E-state index contributed by atoms with van der Waals surface area (Å²) < 4.78 is 10.1. The van der Waals surface area contributed by atoms with Gasteiger partial charge in [0.25, 0.3) is 0 Å². The van der Waals surface area contributed by atoms with Gasteiger partial charge in [0.2, 0.25) is 5.91 Å². The molecule has 0 spiro atoms. The van der Waals surface area contributed by atoms with Gasteiger partial charge in [-0.1, -0.05) is 48.5 Å². The number of carbonyl (C=O) groups excluding carboxylic acids is 3. The van der Waals surface area contributed by atoms with Gasteiger partial charge in [0.05, 0.1) is 7.11 Å². The Morgan fingerprint density at radius 2 is 1.71 bits per heavy atom. The van der Waals surface area contributed by atoms with E-state index in [0.29, 0.717) is 0 Å². The second-order valence-electron chi connectivity index (χ2n) is 8.19. The highest BCUT2D eigenvalue weighted by Gasteiger charge is 2.28. The third kappa shape index (κ3) is 7.44. The molecule has 31 heavy (non-hydrogen) atoms. The Balaban J connectivity index is 2.14. The van der Waals surface area contributed by atoms with Crippen LogP contribution in [0.5, 0.6) is 0 Å². The molecule has 2 unspecified atom stereocenters. The van der Waals surface area contributed by atoms with Crippen molar-refractivity contribution in [2.45, 2.75) is 51.3 Å². The molecular weight excluding hydrogens is 396 g/mol. The van der Waals surface area contributed by atoms with E-state index in [1.54, 1.807) is 20.8 Å². The van der Waals surface area contributed by atoms with Crippen molar-refractivity contribution in [2.75, 3.05) is 7.11 Å². The van der Waals surface area contributed by atoms with E-state index in [2.05, 4.69) is 17.2 Å². The molecule has 0 saturated heterocycles. The minimum atomic E-state index is -0.934. The Morgan fingerprint density at radius 3 is 2.32 bits per heavy atom. The van der Waals surface area contributed by atoms with Gasteiger partial charge in [0, 0.05) is 6.42 Å². The smallest absolute Gasteiger partial charge is 0.408 e. The van der Waals surface area contributed by atoms with Gasteiger partial charge in [0.1, 0.15) is 17.7 Å². The van der Waals surface area contributed by atoms with Crippen LogP contribution in [0, 0.1) is 0 Å². The largest absolute Gasteiger partial charge is 0.467 e. The minimum absolute atomic E-state index is 0.176. The number of methoxy groups -OCH3 is 1. The van der Waals surface area contributed by atoms with Crippen LogP contribution in [0.2, 0.25) is 0 Å². The van der Waals surface area contributed by atoms with Gasteiger partial charge in [-0.3, -0.25) is 4.79 Å². The first-order valence-corrected chi connectivity index (χ1v) is 10.1. The zero-order chi connectivity index (χ0) is 23.0. The summed E-state index contributed by atoms with van der Waals surface area (Å²) in [4.78, 5) is 37.3. The number of alkyl carbamates (subject to hydrolysis) is 1. The molecular formula is C24H30N2O5. The monoisotopic (exact) mass is 426 g/mol. The maximum atomic E-state index is 12.8. The normalized spacial score (nSPS) is 13.0. The molecule has 0 aromatic heterocycles. The molecule has 0 bridgehead atoms. The molecule has 2 amide bonds. The second-order valence-corrected chi connectivity index (χ2v) is 8.19. The SMILES string of the molecule is C=CCC(NC(=O)OC(C)(C)C)C(=O)NC(Cc1ccc2ccccc2c1)C(=O)OC. The number of ether oxygens (including phenoxy) is 2. The topological polar surface area (TPSA) is 93.7 Å². The van der Waals surface area contributed by atoms with Crippen molar-refractivity contribution in [3.63, 3.8) is 0 Å². The molecule has 0 saturated carbocycles. The lowest BCUT2D eigenvalue weighted by atomic mass is 10.0. The van der Waals surface area contributed by atoms with Crippen LogP contribution >= 0.6 is 0 Å². The average molecular weight is 427 g/mol. The molecule has 2 aromatic carbocycles. The van der Waals surface area contributed by atoms with Crippen LogP contribution in [0.1, 0.15) is 32.8 Å². The van der Waals surface area contributed by atoms with E-state index < -0.39 is 35.7 Å². The van der Waals surface area contributed by atoms with Crippen LogP contribution in [0.25, 0.3) is 10.8 Å². The fourth-order valence-electron chi connectivity index (χ4n) is 3.06. The van der Waals surface area contributed by atoms with Crippen molar-refractivity contribution in [1.29, 1.82) is 0 Å². The third-order valence-electron chi connectivity index (χ3n) is 4.47. The van der Waals surface area contributed by atoms with Gasteiger partial charge < -0.3 is 20.1 Å². The minimum Gasteiger partial charge on any atom is -0.467 e. The van der Waals surface area contributed by atoms with E-state index in [1.807, 2.05) is 42.5 Å². The van der Waals surface area contributed by atoms with Crippen molar-refractivity contribution < 1.29 is 23.9 Å². The first kappa shape index (κ1) is 23.9. The number of hydrogen-bond acceptors (Lipinski definition) is 5. The van der Waals surface area contributed by atoms with Crippen LogP contribution in [-0.2, 0) is 25.5 Å². The van der Waals surface area contributed by atoms with Gasteiger partial charge in [0.15, 0.2) is 0 Å². The standard InChI is InChI=1S/C24H30N2O5/c1-6-9-19(26-23(29)31-24(2,3)4)21(27)25-20(22(28)30-5)15-16-12-13-17-10-7-8-11-18(17)14-16/h6-8,10-14,19-20H,1,9,15H2,2-5H3,(H,25,27)(H,26,29). The highest BCUT2D eigenvalue weighted by molar-refractivity contribution is 5.90. The molecule has 0 heterocycles. The Labute approximate surface area is 182 Å². The quantitative estimate of drug-likeness (QED) is 0.498. The number of carbonyl (C=O) groups is 3. The second kappa shape index (κ2) is 10.6. The summed E-state index contributed by atoms with van der Waals surface area (Å²) in [6.07, 6.45) is 1.21. The number of fused-ring (bicyclic) bond motifs is 1. The average Bonchev–Trinajstić information content (AvgIpc) is 2.70. The third-order valence-corrected chi connectivity index (χ3v) is 4.47. The molecule has 0 fully saturated rings. The Kier molecular flexibility index (Phi) is 8.19. The zero-order valence-corrected chi connectivity index (χ0v) is 18.4. The van der Waals surface area contributed by atoms with Crippen molar-refractivity contribution in [3.8, 4) is 0 Å². The lowest BCUT2D eigenvalue weighted by Crippen LogP contribution is -2.53. The van der Waals surface area contributed by atoms with Crippen molar-refractivity contribution in [3.05, 3.63) is 60.7 Å². The van der Waals surface area contributed by atoms with Gasteiger partial charge >= 0.3 is 12.1 Å². The summed E-state index contributed by atoms with van der Waals surface area (Å²) in [7, 11) is 1.27. The van der Waals surface area contributed by atoms with Crippen LogP contribution in [0.3, 0.4) is 0 Å². The lowest BCUT2D eigenvalue weighted by molar-refractivity contribution is -0.145. The van der Waals surface area contributed by atoms with Crippen LogP contribution in [0.15, 0.2) is 55.1 Å². The summed E-state index contributed by atoms with van der Waals surface area (Å²) >= 11 is 0. The summed E-state index contributed by atoms with van der Waals surface area (Å²) in [5.74, 6) is -1.10. The molecule has 166 valence electrons. The summed E-state index contributed by atoms with van der Waals surface area (Å²) in [6.45, 7) is 8.81. The maximum Gasteiger partial charge on any atom is 0.408 e. The van der Waals surface area contributed by atoms with Gasteiger partial charge in [-0.05, 0) is 43.5 Å². The lowest BCUT2D eigenvalue weighted by Gasteiger charge is -2.24. The van der Waals surface area contributed by atoms with Crippen LogP contribution in [0.4, 0.5) is 4.79 Å². The Hall–Kier alpha value is -3.35. The van der Waals surface area contributed by atoms with Crippen molar-refractivity contribution >= 4 is 28.7 Å². The predicted molar refractivity (Wildman–Crippen MR) is 120 cm³/mol. The zero-order valence-electron chi connectivity index (χ0n) is 18.4. The molecule has 2 rings (SSSR count). The molecule has 2 N–H and O–H groups in total. The van der Waals surface area contributed by atoms with Gasteiger partial charge in [-0.15, -0.1) is 6.58 Å². The van der Waals surface area contributed by atoms with Crippen molar-refractivity contribution in [1.82, 2.24) is 10.6 Å². The van der Waals surface area contributed by atoms with E-state index >= 15 is 0 Å². The first-order chi connectivity index (χ1) is 14.6. The number of benzene rings is 2. The predicted octanol–water partition coefficient (Wildman–Crippen LogP) is 3.51. The van der Waals surface area contributed by atoms with E-state index in [4.69, 9.17) is 9.47 Å². The number of esters is 1. The number of hydrogen-bond donors (Lipinski definition) is 2. The molecule has 2 aromatic rings. The summed E-state index contributed by atoms with van der Waals surface area (Å²) in [5, 5.41) is 7.33. The summed E-state index contributed by atoms with van der Waals surface area (Å²) in [5.41, 5.74) is 0.166. The van der Waals surface area contributed by atoms with E-state index in [9.17, 15) is 14.4 Å². The van der Waals surface area contributed by atoms with E-state index in [0.717, 1.165) is 16.3 Å². The Morgan fingerprint density at radius 1 is 1.03 bits per heavy atom. The molecule has 7 heteroatoms. The molecule has 0 aliphatic rings. The molecule has 0 radical (unpaired) electrons. The first-order valence-electron chi connectivity index (χ1n) is 10.1. The van der Waals surface area contributed by atoms with Gasteiger partial charge in [-0.25, -0.2) is 9.59 Å². The van der Waals surface area contributed by atoms with E-state index in [1.165, 1.54) is 13.2 Å². The number of rotatable bonds is 8. The number of nitrogens with one attached hydrogen (secondary N) is 2. The highest BCUT2D eigenvalue weighted by atomic mass is 16.6. The fraction of sp³-hybridized carbons (Fsp3) is 0.375. The van der Waals surface area contributed by atoms with E-state index in [-0.39, 0.29) is 12.8 Å². The molecule has 2 atom stereocenters. The van der Waals surface area contributed by atoms with Gasteiger partial charge in [-0.2, -0.15) is 0 Å². The van der Waals surface area contributed by atoms with Crippen LogP contribution in [-0.4, -0.2) is 42.8 Å². The maximum absolute atomic E-state index is 12.8. The molecule has 7 nitrogen and oxygen atoms in total. The fourth-order valence-corrected chi connectivity index (χ4v) is 3.06. The Bertz CT molecular complexity index is 948. The highest BCUT2D eigenvalue weighted by Crippen LogP contribution is 2.17. The summed E-state index contributed by atoms with van der Waals surface area (Å²) in [6, 6.07) is 11.9. The molecule has 0 aliphatic carbocycles. The molecule has 0 aliphatic heterocycles. The number of amides is 2.